The second kappa shape index (κ2) is 6.49. The fraction of sp³-hybridized carbons (Fsp3) is 0.944. The molecule has 114 valence electrons. The first-order chi connectivity index (χ1) is 9.76. The van der Waals surface area contributed by atoms with Gasteiger partial charge in [0.15, 0.2) is 0 Å². The molecule has 1 heterocycles. The monoisotopic (exact) mass is 278 g/mol. The summed E-state index contributed by atoms with van der Waals surface area (Å²) in [5.41, 5.74) is 0. The smallest absolute Gasteiger partial charge is 0.309 e. The molecule has 0 aromatic carbocycles. The Bertz CT molecular complexity index is 314. The van der Waals surface area contributed by atoms with E-state index in [9.17, 15) is 4.79 Å². The average Bonchev–Trinajstić information content (AvgIpc) is 2.46. The van der Waals surface area contributed by atoms with Crippen molar-refractivity contribution in [1.29, 1.82) is 0 Å². The third kappa shape index (κ3) is 3.20. The zero-order chi connectivity index (χ0) is 13.9. The lowest BCUT2D eigenvalue weighted by atomic mass is 9.67. The van der Waals surface area contributed by atoms with Gasteiger partial charge >= 0.3 is 5.97 Å². The van der Waals surface area contributed by atoms with E-state index in [1.54, 1.807) is 0 Å². The highest BCUT2D eigenvalue weighted by Gasteiger charge is 2.39. The van der Waals surface area contributed by atoms with Crippen molar-refractivity contribution in [3.05, 3.63) is 0 Å². The van der Waals surface area contributed by atoms with Gasteiger partial charge in [-0.05, 0) is 62.2 Å². The first-order valence-corrected chi connectivity index (χ1v) is 8.95. The highest BCUT2D eigenvalue weighted by Crippen LogP contribution is 2.44. The first-order valence-electron chi connectivity index (χ1n) is 8.95. The molecule has 0 bridgehead atoms. The molecule has 0 N–H and O–H groups in total. The Morgan fingerprint density at radius 3 is 1.90 bits per heavy atom. The number of ether oxygens (including phenoxy) is 1. The number of rotatable bonds is 4. The SMILES string of the molecule is CCC[C@H]1CC[C@H](C2CCC(C3CC(=O)O3)CC2)CC1. The summed E-state index contributed by atoms with van der Waals surface area (Å²) in [6.45, 7) is 2.32. The second-order valence-electron chi connectivity index (χ2n) is 7.48. The Hall–Kier alpha value is -0.530. The third-order valence-electron chi connectivity index (χ3n) is 6.25. The van der Waals surface area contributed by atoms with Crippen LogP contribution in [0.3, 0.4) is 0 Å². The van der Waals surface area contributed by atoms with E-state index in [1.165, 1.54) is 64.2 Å². The van der Waals surface area contributed by atoms with Gasteiger partial charge in [-0.1, -0.05) is 32.6 Å². The molecule has 3 aliphatic rings. The molecule has 0 aromatic rings. The van der Waals surface area contributed by atoms with Gasteiger partial charge in [-0.25, -0.2) is 0 Å². The molecule has 1 atom stereocenters. The van der Waals surface area contributed by atoms with Crippen LogP contribution in [0.5, 0.6) is 0 Å². The minimum absolute atomic E-state index is 0.0198. The van der Waals surface area contributed by atoms with Gasteiger partial charge in [-0.15, -0.1) is 0 Å². The van der Waals surface area contributed by atoms with Crippen LogP contribution in [0.4, 0.5) is 0 Å². The largest absolute Gasteiger partial charge is 0.461 e. The molecule has 0 spiro atoms. The molecular formula is C18H30O2. The second-order valence-corrected chi connectivity index (χ2v) is 7.48. The Balaban J connectivity index is 1.39. The van der Waals surface area contributed by atoms with Gasteiger partial charge in [0.2, 0.25) is 0 Å². The van der Waals surface area contributed by atoms with Crippen molar-refractivity contribution in [2.75, 3.05) is 0 Å². The zero-order valence-electron chi connectivity index (χ0n) is 13.0. The fourth-order valence-corrected chi connectivity index (χ4v) is 4.93. The molecular weight excluding hydrogens is 248 g/mol. The van der Waals surface area contributed by atoms with Crippen molar-refractivity contribution >= 4 is 5.97 Å². The van der Waals surface area contributed by atoms with Crippen LogP contribution in [0, 0.1) is 23.7 Å². The summed E-state index contributed by atoms with van der Waals surface area (Å²) in [6.07, 6.45) is 15.1. The van der Waals surface area contributed by atoms with E-state index in [0.29, 0.717) is 12.3 Å². The average molecular weight is 278 g/mol. The number of carbonyl (C=O) groups is 1. The minimum atomic E-state index is 0.0198. The Morgan fingerprint density at radius 1 is 0.900 bits per heavy atom. The van der Waals surface area contributed by atoms with Gasteiger partial charge in [0, 0.05) is 0 Å². The van der Waals surface area contributed by atoms with Gasteiger partial charge in [0.1, 0.15) is 6.10 Å². The lowest BCUT2D eigenvalue weighted by Gasteiger charge is -2.41. The standard InChI is InChI=1S/C18H30O2/c1-2-3-13-4-6-14(7-5-13)15-8-10-16(11-9-15)17-12-18(19)20-17/h13-17H,2-12H2,1H3/t13-,14-,15?,16?,17?. The van der Waals surface area contributed by atoms with Gasteiger partial charge in [-0.3, -0.25) is 4.79 Å². The summed E-state index contributed by atoms with van der Waals surface area (Å²) in [5, 5.41) is 0. The maximum Gasteiger partial charge on any atom is 0.309 e. The van der Waals surface area contributed by atoms with Crippen LogP contribution in [0.1, 0.15) is 77.6 Å². The van der Waals surface area contributed by atoms with E-state index < -0.39 is 0 Å². The Morgan fingerprint density at radius 2 is 1.40 bits per heavy atom. The number of hydrogen-bond donors (Lipinski definition) is 0. The lowest BCUT2D eigenvalue weighted by molar-refractivity contribution is -0.176. The number of esters is 1. The minimum Gasteiger partial charge on any atom is -0.461 e. The van der Waals surface area contributed by atoms with Crippen LogP contribution < -0.4 is 0 Å². The lowest BCUT2D eigenvalue weighted by Crippen LogP contribution is -2.41. The van der Waals surface area contributed by atoms with E-state index in [1.807, 2.05) is 0 Å². The molecule has 1 aliphatic heterocycles. The summed E-state index contributed by atoms with van der Waals surface area (Å²) < 4.78 is 5.26. The predicted molar refractivity (Wildman–Crippen MR) is 80.3 cm³/mol. The van der Waals surface area contributed by atoms with Crippen LogP contribution in [-0.2, 0) is 9.53 Å². The molecule has 0 radical (unpaired) electrons. The quantitative estimate of drug-likeness (QED) is 0.696. The fourth-order valence-electron chi connectivity index (χ4n) is 4.93. The summed E-state index contributed by atoms with van der Waals surface area (Å²) in [6, 6.07) is 0. The summed E-state index contributed by atoms with van der Waals surface area (Å²) in [5.74, 6) is 3.71. The number of carbonyl (C=O) groups excluding carboxylic acids is 1. The summed E-state index contributed by atoms with van der Waals surface area (Å²) >= 11 is 0. The van der Waals surface area contributed by atoms with Gasteiger partial charge in [0.25, 0.3) is 0 Å². The molecule has 2 heteroatoms. The van der Waals surface area contributed by atoms with E-state index in [-0.39, 0.29) is 12.1 Å². The van der Waals surface area contributed by atoms with Crippen molar-refractivity contribution in [3.8, 4) is 0 Å². The molecule has 0 aromatic heterocycles. The highest BCUT2D eigenvalue weighted by atomic mass is 16.6. The van der Waals surface area contributed by atoms with E-state index in [0.717, 1.165) is 17.8 Å². The Labute approximate surface area is 123 Å². The van der Waals surface area contributed by atoms with Crippen LogP contribution in [0.2, 0.25) is 0 Å². The normalized spacial score (nSPS) is 41.9. The maximum atomic E-state index is 10.9. The van der Waals surface area contributed by atoms with Crippen LogP contribution in [0.25, 0.3) is 0 Å². The summed E-state index contributed by atoms with van der Waals surface area (Å²) in [4.78, 5) is 10.9. The molecule has 20 heavy (non-hydrogen) atoms. The number of hydrogen-bond acceptors (Lipinski definition) is 2. The maximum absolute atomic E-state index is 10.9. The molecule has 3 fully saturated rings. The molecule has 0 amide bonds. The van der Waals surface area contributed by atoms with Crippen LogP contribution in [0.15, 0.2) is 0 Å². The highest BCUT2D eigenvalue weighted by molar-refractivity contribution is 5.75. The number of cyclic esters (lactones) is 1. The molecule has 2 saturated carbocycles. The Kier molecular flexibility index (Phi) is 4.68. The zero-order valence-corrected chi connectivity index (χ0v) is 13.0. The van der Waals surface area contributed by atoms with Crippen molar-refractivity contribution in [2.24, 2.45) is 23.7 Å². The predicted octanol–water partition coefficient (Wildman–Crippen LogP) is 4.71. The third-order valence-corrected chi connectivity index (χ3v) is 6.25. The van der Waals surface area contributed by atoms with E-state index >= 15 is 0 Å². The first kappa shape index (κ1) is 14.4. The van der Waals surface area contributed by atoms with Gasteiger partial charge in [-0.2, -0.15) is 0 Å². The van der Waals surface area contributed by atoms with Gasteiger partial charge in [0.05, 0.1) is 6.42 Å². The molecule has 1 saturated heterocycles. The summed E-state index contributed by atoms with van der Waals surface area (Å²) in [7, 11) is 0. The van der Waals surface area contributed by atoms with Crippen LogP contribution in [-0.4, -0.2) is 12.1 Å². The van der Waals surface area contributed by atoms with Crippen molar-refractivity contribution in [2.45, 2.75) is 83.7 Å². The van der Waals surface area contributed by atoms with Crippen LogP contribution >= 0.6 is 0 Å². The van der Waals surface area contributed by atoms with E-state index in [2.05, 4.69) is 6.92 Å². The van der Waals surface area contributed by atoms with Crippen molar-refractivity contribution < 1.29 is 9.53 Å². The molecule has 2 aliphatic carbocycles. The topological polar surface area (TPSA) is 26.3 Å². The van der Waals surface area contributed by atoms with Gasteiger partial charge < -0.3 is 4.74 Å². The van der Waals surface area contributed by atoms with Crippen molar-refractivity contribution in [1.82, 2.24) is 0 Å². The molecule has 2 nitrogen and oxygen atoms in total. The molecule has 1 unspecified atom stereocenters. The van der Waals surface area contributed by atoms with E-state index in [4.69, 9.17) is 4.74 Å². The molecule has 3 rings (SSSR count). The van der Waals surface area contributed by atoms with Crippen molar-refractivity contribution in [3.63, 3.8) is 0 Å².